The van der Waals surface area contributed by atoms with Crippen LogP contribution in [-0.2, 0) is 9.53 Å². The Morgan fingerprint density at radius 2 is 1.95 bits per heavy atom. The third-order valence-corrected chi connectivity index (χ3v) is 4.76. The molecule has 3 atom stereocenters. The van der Waals surface area contributed by atoms with Crippen LogP contribution in [0.5, 0.6) is 0 Å². The maximum absolute atomic E-state index is 12.8. The summed E-state index contributed by atoms with van der Waals surface area (Å²) in [5, 5.41) is 9.46. The van der Waals surface area contributed by atoms with E-state index in [-0.39, 0.29) is 12.1 Å². The van der Waals surface area contributed by atoms with E-state index in [9.17, 15) is 14.7 Å². The maximum atomic E-state index is 12.8. The Hall–Kier alpha value is -1.30. The first-order valence-electron chi connectivity index (χ1n) is 7.96. The molecule has 2 saturated heterocycles. The van der Waals surface area contributed by atoms with Gasteiger partial charge in [0, 0.05) is 13.1 Å². The van der Waals surface area contributed by atoms with Crippen LogP contribution in [-0.4, -0.2) is 65.3 Å². The summed E-state index contributed by atoms with van der Waals surface area (Å²) in [6, 6.07) is -0.756. The highest BCUT2D eigenvalue weighted by atomic mass is 16.5. The largest absolute Gasteiger partial charge is 0.480 e. The van der Waals surface area contributed by atoms with E-state index in [2.05, 4.69) is 6.92 Å². The van der Waals surface area contributed by atoms with E-state index in [1.54, 1.807) is 9.80 Å². The first-order valence-corrected chi connectivity index (χ1v) is 7.96. The Kier molecular flexibility index (Phi) is 5.45. The van der Waals surface area contributed by atoms with Crippen LogP contribution in [0.2, 0.25) is 0 Å². The van der Waals surface area contributed by atoms with Crippen molar-refractivity contribution in [3.05, 3.63) is 0 Å². The molecule has 2 heterocycles. The van der Waals surface area contributed by atoms with Gasteiger partial charge in [-0.15, -0.1) is 0 Å². The summed E-state index contributed by atoms with van der Waals surface area (Å²) < 4.78 is 5.42. The van der Waals surface area contributed by atoms with E-state index in [0.717, 1.165) is 19.3 Å². The number of likely N-dealkylation sites (tertiary alicyclic amines) is 1. The smallest absolute Gasteiger partial charge is 0.326 e. The van der Waals surface area contributed by atoms with Gasteiger partial charge in [-0.3, -0.25) is 0 Å². The summed E-state index contributed by atoms with van der Waals surface area (Å²) in [7, 11) is 0. The van der Waals surface area contributed by atoms with E-state index >= 15 is 0 Å². The van der Waals surface area contributed by atoms with Crippen LogP contribution in [0.15, 0.2) is 0 Å². The number of rotatable bonds is 3. The minimum absolute atomic E-state index is 0.0598. The van der Waals surface area contributed by atoms with Gasteiger partial charge in [0.15, 0.2) is 0 Å². The van der Waals surface area contributed by atoms with Crippen molar-refractivity contribution in [3.8, 4) is 0 Å². The molecule has 0 radical (unpaired) electrons. The van der Waals surface area contributed by atoms with Crippen LogP contribution in [0.1, 0.15) is 39.5 Å². The van der Waals surface area contributed by atoms with Gasteiger partial charge in [-0.25, -0.2) is 9.59 Å². The molecule has 2 aliphatic rings. The Morgan fingerprint density at radius 3 is 2.57 bits per heavy atom. The van der Waals surface area contributed by atoms with Crippen molar-refractivity contribution >= 4 is 12.0 Å². The normalized spacial score (nSPS) is 30.3. The van der Waals surface area contributed by atoms with Crippen molar-refractivity contribution in [2.24, 2.45) is 5.92 Å². The topological polar surface area (TPSA) is 70.1 Å². The number of carboxylic acid groups (broad SMARTS) is 1. The van der Waals surface area contributed by atoms with Crippen molar-refractivity contribution in [1.82, 2.24) is 9.80 Å². The van der Waals surface area contributed by atoms with Crippen molar-refractivity contribution in [3.63, 3.8) is 0 Å². The summed E-state index contributed by atoms with van der Waals surface area (Å²) in [5.41, 5.74) is 0. The number of carboxylic acids is 1. The quantitative estimate of drug-likeness (QED) is 0.862. The Balaban J connectivity index is 2.10. The molecular weight excluding hydrogens is 272 g/mol. The Bertz CT molecular complexity index is 388. The fraction of sp³-hybridized carbons (Fsp3) is 0.867. The zero-order chi connectivity index (χ0) is 15.4. The van der Waals surface area contributed by atoms with Gasteiger partial charge in [-0.2, -0.15) is 0 Å². The minimum atomic E-state index is -0.886. The molecule has 0 aromatic heterocycles. The fourth-order valence-corrected chi connectivity index (χ4v) is 3.28. The number of aliphatic carboxylic acids is 1. The highest BCUT2D eigenvalue weighted by Crippen LogP contribution is 2.27. The number of hydrogen-bond donors (Lipinski definition) is 1. The van der Waals surface area contributed by atoms with Crippen LogP contribution in [0.3, 0.4) is 0 Å². The minimum Gasteiger partial charge on any atom is -0.480 e. The molecule has 120 valence electrons. The van der Waals surface area contributed by atoms with Crippen LogP contribution in [0.25, 0.3) is 0 Å². The SMILES string of the molecule is CCC1CCN(C(=O)N2CCOCC2CC)C(C(=O)O)C1. The van der Waals surface area contributed by atoms with Gasteiger partial charge in [0.05, 0.1) is 19.3 Å². The van der Waals surface area contributed by atoms with E-state index in [4.69, 9.17) is 4.74 Å². The molecule has 2 rings (SSSR count). The number of hydrogen-bond acceptors (Lipinski definition) is 3. The third-order valence-electron chi connectivity index (χ3n) is 4.76. The van der Waals surface area contributed by atoms with Crippen molar-refractivity contribution in [2.75, 3.05) is 26.3 Å². The maximum Gasteiger partial charge on any atom is 0.326 e. The lowest BCUT2D eigenvalue weighted by molar-refractivity contribution is -0.144. The van der Waals surface area contributed by atoms with E-state index in [1.807, 2.05) is 6.92 Å². The van der Waals surface area contributed by atoms with Gasteiger partial charge in [0.2, 0.25) is 0 Å². The number of piperidine rings is 1. The number of carbonyl (C=O) groups is 2. The second kappa shape index (κ2) is 7.11. The lowest BCUT2D eigenvalue weighted by atomic mass is 9.89. The van der Waals surface area contributed by atoms with Gasteiger partial charge in [-0.05, 0) is 25.2 Å². The Morgan fingerprint density at radius 1 is 1.19 bits per heavy atom. The molecule has 3 unspecified atom stereocenters. The van der Waals surface area contributed by atoms with E-state index in [1.165, 1.54) is 0 Å². The molecule has 2 fully saturated rings. The van der Waals surface area contributed by atoms with Crippen LogP contribution in [0, 0.1) is 5.92 Å². The second-order valence-electron chi connectivity index (χ2n) is 5.96. The lowest BCUT2D eigenvalue weighted by Gasteiger charge is -2.43. The zero-order valence-electron chi connectivity index (χ0n) is 13.0. The first-order chi connectivity index (χ1) is 10.1. The molecule has 0 aromatic rings. The number of morpholine rings is 1. The highest BCUT2D eigenvalue weighted by molar-refractivity contribution is 5.83. The molecule has 0 aliphatic carbocycles. The van der Waals surface area contributed by atoms with Gasteiger partial charge in [0.25, 0.3) is 0 Å². The number of nitrogens with zero attached hydrogens (tertiary/aromatic N) is 2. The second-order valence-corrected chi connectivity index (χ2v) is 5.96. The van der Waals surface area contributed by atoms with Crippen LogP contribution >= 0.6 is 0 Å². The average molecular weight is 298 g/mol. The van der Waals surface area contributed by atoms with Crippen molar-refractivity contribution in [1.29, 1.82) is 0 Å². The monoisotopic (exact) mass is 298 g/mol. The summed E-state index contributed by atoms with van der Waals surface area (Å²) in [6.45, 7) is 6.28. The van der Waals surface area contributed by atoms with Gasteiger partial charge in [-0.1, -0.05) is 20.3 Å². The van der Waals surface area contributed by atoms with E-state index < -0.39 is 12.0 Å². The summed E-state index contributed by atoms with van der Waals surface area (Å²) >= 11 is 0. The molecule has 1 N–H and O–H groups in total. The van der Waals surface area contributed by atoms with Gasteiger partial charge >= 0.3 is 12.0 Å². The van der Waals surface area contributed by atoms with Crippen LogP contribution in [0.4, 0.5) is 4.79 Å². The molecule has 2 aliphatic heterocycles. The molecule has 6 nitrogen and oxygen atoms in total. The highest BCUT2D eigenvalue weighted by Gasteiger charge is 2.39. The summed E-state index contributed by atoms with van der Waals surface area (Å²) in [6.07, 6.45) is 3.27. The molecule has 0 saturated carbocycles. The molecule has 0 spiro atoms. The number of ether oxygens (including phenoxy) is 1. The molecule has 0 bridgehead atoms. The Labute approximate surface area is 126 Å². The first kappa shape index (κ1) is 16.1. The molecule has 21 heavy (non-hydrogen) atoms. The fourth-order valence-electron chi connectivity index (χ4n) is 3.28. The van der Waals surface area contributed by atoms with Gasteiger partial charge < -0.3 is 19.6 Å². The molecule has 2 amide bonds. The van der Waals surface area contributed by atoms with Crippen molar-refractivity contribution in [2.45, 2.75) is 51.6 Å². The third kappa shape index (κ3) is 3.48. The predicted molar refractivity (Wildman–Crippen MR) is 78.1 cm³/mol. The number of carbonyl (C=O) groups excluding carboxylic acids is 1. The number of urea groups is 1. The molecule has 6 heteroatoms. The standard InChI is InChI=1S/C15H26N2O4/c1-3-11-5-6-17(13(9-11)14(18)19)15(20)16-7-8-21-10-12(16)4-2/h11-13H,3-10H2,1-2H3,(H,18,19). The zero-order valence-corrected chi connectivity index (χ0v) is 13.0. The molecular formula is C15H26N2O4. The van der Waals surface area contributed by atoms with E-state index in [0.29, 0.717) is 38.6 Å². The summed E-state index contributed by atoms with van der Waals surface area (Å²) in [4.78, 5) is 27.6. The van der Waals surface area contributed by atoms with Crippen LogP contribution < -0.4 is 0 Å². The summed E-state index contributed by atoms with van der Waals surface area (Å²) in [5.74, 6) is -0.482. The number of amides is 2. The van der Waals surface area contributed by atoms with Crippen molar-refractivity contribution < 1.29 is 19.4 Å². The average Bonchev–Trinajstić information content (AvgIpc) is 2.53. The van der Waals surface area contributed by atoms with Gasteiger partial charge in [0.1, 0.15) is 6.04 Å². The predicted octanol–water partition coefficient (Wildman–Crippen LogP) is 1.79. The lowest BCUT2D eigenvalue weighted by Crippen LogP contribution is -2.59. The molecule has 0 aromatic carbocycles.